The summed E-state index contributed by atoms with van der Waals surface area (Å²) in [7, 11) is 0. The molecule has 128 valence electrons. The van der Waals surface area contributed by atoms with Gasteiger partial charge in [-0.15, -0.1) is 0 Å². The van der Waals surface area contributed by atoms with Crippen molar-refractivity contribution in [3.05, 3.63) is 72.2 Å². The van der Waals surface area contributed by atoms with Crippen molar-refractivity contribution in [2.24, 2.45) is 0 Å². The first kappa shape index (κ1) is 16.5. The summed E-state index contributed by atoms with van der Waals surface area (Å²) in [5.41, 5.74) is 1.94. The average Bonchev–Trinajstić information content (AvgIpc) is 3.29. The number of aromatic nitrogens is 2. The Balaban J connectivity index is 1.76. The molecule has 0 saturated heterocycles. The maximum atomic E-state index is 12.5. The van der Waals surface area contributed by atoms with E-state index in [1.165, 1.54) is 6.92 Å². The van der Waals surface area contributed by atoms with Crippen LogP contribution in [-0.2, 0) is 17.9 Å². The number of furan rings is 1. The van der Waals surface area contributed by atoms with Crippen LogP contribution in [0.5, 0.6) is 0 Å². The van der Waals surface area contributed by atoms with Crippen molar-refractivity contribution in [2.45, 2.75) is 20.0 Å². The van der Waals surface area contributed by atoms with Gasteiger partial charge in [-0.2, -0.15) is 0 Å². The van der Waals surface area contributed by atoms with Crippen molar-refractivity contribution in [3.8, 4) is 5.69 Å². The number of hydrogen-bond donors (Lipinski definition) is 2. The number of hydrogen-bond acceptors (Lipinski definition) is 4. The molecule has 25 heavy (non-hydrogen) atoms. The molecule has 0 atom stereocenters. The zero-order valence-electron chi connectivity index (χ0n) is 13.7. The van der Waals surface area contributed by atoms with Gasteiger partial charge in [0.2, 0.25) is 5.91 Å². The molecule has 0 unspecified atom stereocenters. The predicted molar refractivity (Wildman–Crippen MR) is 91.0 cm³/mol. The van der Waals surface area contributed by atoms with Crippen molar-refractivity contribution in [1.82, 2.24) is 20.2 Å². The Labute approximate surface area is 144 Å². The number of nitrogens with one attached hydrogen (secondary N) is 2. The second-order valence-electron chi connectivity index (χ2n) is 5.46. The normalized spacial score (nSPS) is 10.4. The molecule has 2 aromatic heterocycles. The van der Waals surface area contributed by atoms with Crippen molar-refractivity contribution < 1.29 is 14.0 Å². The molecule has 2 heterocycles. The van der Waals surface area contributed by atoms with Gasteiger partial charge in [-0.05, 0) is 24.3 Å². The molecule has 0 aliphatic heterocycles. The number of rotatable bonds is 6. The van der Waals surface area contributed by atoms with Crippen LogP contribution in [0, 0.1) is 0 Å². The van der Waals surface area contributed by atoms with Crippen molar-refractivity contribution >= 4 is 11.8 Å². The zero-order valence-corrected chi connectivity index (χ0v) is 13.7. The second kappa shape index (κ2) is 7.48. The third-order valence-electron chi connectivity index (χ3n) is 3.58. The molecule has 0 spiro atoms. The van der Waals surface area contributed by atoms with E-state index in [1.807, 2.05) is 12.1 Å². The van der Waals surface area contributed by atoms with E-state index in [2.05, 4.69) is 15.6 Å². The van der Waals surface area contributed by atoms with E-state index in [0.29, 0.717) is 35.8 Å². The predicted octanol–water partition coefficient (Wildman–Crippen LogP) is 2.03. The van der Waals surface area contributed by atoms with E-state index in [1.54, 1.807) is 47.6 Å². The standard InChI is InChI=1S/C18H18N4O3/c1-13(23)19-9-14-11-22(12-21-14)17-7-3-2-6-16(17)18(24)20-10-15-5-4-8-25-15/h2-8,11-12H,9-10H2,1H3,(H,19,23)(H,20,24). The maximum absolute atomic E-state index is 12.5. The summed E-state index contributed by atoms with van der Waals surface area (Å²) in [5, 5.41) is 5.53. The van der Waals surface area contributed by atoms with Crippen LogP contribution in [0.15, 0.2) is 59.6 Å². The minimum Gasteiger partial charge on any atom is -0.467 e. The van der Waals surface area contributed by atoms with Crippen LogP contribution in [0.2, 0.25) is 0 Å². The molecule has 7 nitrogen and oxygen atoms in total. The van der Waals surface area contributed by atoms with Crippen LogP contribution >= 0.6 is 0 Å². The second-order valence-corrected chi connectivity index (χ2v) is 5.46. The lowest BCUT2D eigenvalue weighted by atomic mass is 10.1. The molecule has 2 N–H and O–H groups in total. The van der Waals surface area contributed by atoms with Crippen LogP contribution in [0.1, 0.15) is 28.7 Å². The summed E-state index contributed by atoms with van der Waals surface area (Å²) in [6.07, 6.45) is 4.97. The number of imidazole rings is 1. The molecule has 3 aromatic rings. The molecule has 0 saturated carbocycles. The number of carbonyl (C=O) groups excluding carboxylic acids is 2. The minimum atomic E-state index is -0.205. The highest BCUT2D eigenvalue weighted by molar-refractivity contribution is 5.97. The Hall–Kier alpha value is -3.35. The number of benzene rings is 1. The summed E-state index contributed by atoms with van der Waals surface area (Å²) in [6, 6.07) is 10.8. The Morgan fingerprint density at radius 3 is 2.72 bits per heavy atom. The summed E-state index contributed by atoms with van der Waals surface area (Å²) in [5.74, 6) is 0.363. The Bertz CT molecular complexity index is 868. The third-order valence-corrected chi connectivity index (χ3v) is 3.58. The van der Waals surface area contributed by atoms with Gasteiger partial charge < -0.3 is 19.6 Å². The fourth-order valence-electron chi connectivity index (χ4n) is 2.37. The monoisotopic (exact) mass is 338 g/mol. The fourth-order valence-corrected chi connectivity index (χ4v) is 2.37. The molecule has 1 aromatic carbocycles. The lowest BCUT2D eigenvalue weighted by Crippen LogP contribution is -2.23. The van der Waals surface area contributed by atoms with Gasteiger partial charge in [0.1, 0.15) is 5.76 Å². The molecule has 7 heteroatoms. The first-order chi connectivity index (χ1) is 12.1. The molecule has 0 radical (unpaired) electrons. The van der Waals surface area contributed by atoms with Gasteiger partial charge in [0, 0.05) is 13.1 Å². The molecule has 0 aliphatic carbocycles. The Kier molecular flexibility index (Phi) is 4.94. The lowest BCUT2D eigenvalue weighted by Gasteiger charge is -2.10. The molecule has 0 bridgehead atoms. The Morgan fingerprint density at radius 1 is 1.12 bits per heavy atom. The highest BCUT2D eigenvalue weighted by Crippen LogP contribution is 2.15. The molecule has 0 aliphatic rings. The molecular formula is C18H18N4O3. The van der Waals surface area contributed by atoms with E-state index in [4.69, 9.17) is 4.42 Å². The Morgan fingerprint density at radius 2 is 1.96 bits per heavy atom. The fraction of sp³-hybridized carbons (Fsp3) is 0.167. The van der Waals surface area contributed by atoms with Crippen LogP contribution in [0.3, 0.4) is 0 Å². The van der Waals surface area contributed by atoms with Gasteiger partial charge in [0.05, 0.1) is 42.6 Å². The number of amides is 2. The quantitative estimate of drug-likeness (QED) is 0.720. The first-order valence-electron chi connectivity index (χ1n) is 7.81. The van der Waals surface area contributed by atoms with E-state index < -0.39 is 0 Å². The first-order valence-corrected chi connectivity index (χ1v) is 7.81. The summed E-state index contributed by atoms with van der Waals surface area (Å²) >= 11 is 0. The molecule has 3 rings (SSSR count). The number of nitrogens with zero attached hydrogens (tertiary/aromatic N) is 2. The van der Waals surface area contributed by atoms with Crippen LogP contribution < -0.4 is 10.6 Å². The van der Waals surface area contributed by atoms with Gasteiger partial charge in [0.15, 0.2) is 0 Å². The minimum absolute atomic E-state index is 0.118. The molecule has 2 amide bonds. The van der Waals surface area contributed by atoms with E-state index in [0.717, 1.165) is 0 Å². The molecular weight excluding hydrogens is 320 g/mol. The van der Waals surface area contributed by atoms with Crippen molar-refractivity contribution in [2.75, 3.05) is 0 Å². The van der Waals surface area contributed by atoms with E-state index >= 15 is 0 Å². The van der Waals surface area contributed by atoms with Crippen molar-refractivity contribution in [3.63, 3.8) is 0 Å². The smallest absolute Gasteiger partial charge is 0.253 e. The van der Waals surface area contributed by atoms with Gasteiger partial charge in [-0.3, -0.25) is 9.59 Å². The van der Waals surface area contributed by atoms with E-state index in [-0.39, 0.29) is 11.8 Å². The van der Waals surface area contributed by atoms with Crippen LogP contribution in [0.25, 0.3) is 5.69 Å². The van der Waals surface area contributed by atoms with Gasteiger partial charge in [-0.1, -0.05) is 12.1 Å². The van der Waals surface area contributed by atoms with Crippen molar-refractivity contribution in [1.29, 1.82) is 0 Å². The van der Waals surface area contributed by atoms with Gasteiger partial charge in [0.25, 0.3) is 5.91 Å². The summed E-state index contributed by atoms with van der Waals surface area (Å²) in [4.78, 5) is 27.8. The lowest BCUT2D eigenvalue weighted by molar-refractivity contribution is -0.119. The summed E-state index contributed by atoms with van der Waals surface area (Å²) < 4.78 is 6.98. The van der Waals surface area contributed by atoms with Crippen LogP contribution in [-0.4, -0.2) is 21.4 Å². The largest absolute Gasteiger partial charge is 0.467 e. The van der Waals surface area contributed by atoms with E-state index in [9.17, 15) is 9.59 Å². The summed E-state index contributed by atoms with van der Waals surface area (Å²) in [6.45, 7) is 2.11. The topological polar surface area (TPSA) is 89.2 Å². The van der Waals surface area contributed by atoms with Gasteiger partial charge in [-0.25, -0.2) is 4.98 Å². The zero-order chi connectivity index (χ0) is 17.6. The average molecular weight is 338 g/mol. The van der Waals surface area contributed by atoms with Crippen LogP contribution in [0.4, 0.5) is 0 Å². The highest BCUT2D eigenvalue weighted by atomic mass is 16.3. The van der Waals surface area contributed by atoms with Gasteiger partial charge >= 0.3 is 0 Å². The maximum Gasteiger partial charge on any atom is 0.253 e. The molecule has 0 fully saturated rings. The highest BCUT2D eigenvalue weighted by Gasteiger charge is 2.13. The number of carbonyl (C=O) groups is 2. The SMILES string of the molecule is CC(=O)NCc1cn(-c2ccccc2C(=O)NCc2ccco2)cn1. The number of para-hydroxylation sites is 1. The third kappa shape index (κ3) is 4.14.